The quantitative estimate of drug-likeness (QED) is 0.435. The van der Waals surface area contributed by atoms with Crippen LogP contribution in [0.25, 0.3) is 0 Å². The number of carbonyl (C=O) groups is 2. The van der Waals surface area contributed by atoms with Gasteiger partial charge in [0, 0.05) is 5.69 Å². The molecule has 0 aromatic heterocycles. The van der Waals surface area contributed by atoms with E-state index in [0.717, 1.165) is 0 Å². The average Bonchev–Trinajstić information content (AvgIpc) is 2.28. The minimum Gasteiger partial charge on any atom is -0.399 e. The number of amides is 2. The molecule has 1 heterocycles. The van der Waals surface area contributed by atoms with Crippen molar-refractivity contribution in [2.45, 2.75) is 0 Å². The maximum Gasteiger partial charge on any atom is 0.281 e. The average molecular weight is 161 g/mol. The molecule has 59 valence electrons. The Hall–Kier alpha value is -1.84. The Morgan fingerprint density at radius 2 is 1.75 bits per heavy atom. The number of nitrogens with zero attached hydrogens (tertiary/aromatic N) is 1. The highest BCUT2D eigenvalue weighted by molar-refractivity contribution is 6.21. The lowest BCUT2D eigenvalue weighted by atomic mass is 10.1. The second-order valence-corrected chi connectivity index (χ2v) is 2.53. The molecule has 1 aromatic carbocycles. The van der Waals surface area contributed by atoms with Gasteiger partial charge in [-0.2, -0.15) is 5.32 Å². The summed E-state index contributed by atoms with van der Waals surface area (Å²) in [6.45, 7) is 0. The first-order valence-corrected chi connectivity index (χ1v) is 3.38. The summed E-state index contributed by atoms with van der Waals surface area (Å²) in [5.74, 6) is -0.975. The number of hydrogen-bond acceptors (Lipinski definition) is 3. The van der Waals surface area contributed by atoms with Crippen LogP contribution in [-0.2, 0) is 0 Å². The molecule has 0 bridgehead atoms. The summed E-state index contributed by atoms with van der Waals surface area (Å²) in [6, 6.07) is 4.55. The van der Waals surface area contributed by atoms with E-state index in [1.165, 1.54) is 12.1 Å². The van der Waals surface area contributed by atoms with E-state index in [0.29, 0.717) is 16.8 Å². The molecular weight excluding hydrogens is 156 g/mol. The summed E-state index contributed by atoms with van der Waals surface area (Å²) in [6.07, 6.45) is 0. The van der Waals surface area contributed by atoms with Crippen LogP contribution in [0.2, 0.25) is 0 Å². The van der Waals surface area contributed by atoms with Crippen molar-refractivity contribution in [3.63, 3.8) is 0 Å². The molecule has 1 aliphatic rings. The zero-order valence-electron chi connectivity index (χ0n) is 6.07. The molecule has 0 saturated carbocycles. The maximum absolute atomic E-state index is 11.0. The van der Waals surface area contributed by atoms with Crippen LogP contribution in [0.1, 0.15) is 20.7 Å². The van der Waals surface area contributed by atoms with E-state index >= 15 is 0 Å². The lowest BCUT2D eigenvalue weighted by Gasteiger charge is -1.94. The monoisotopic (exact) mass is 161 g/mol. The third-order valence-electron chi connectivity index (χ3n) is 1.71. The van der Waals surface area contributed by atoms with Crippen molar-refractivity contribution in [2.75, 3.05) is 5.73 Å². The van der Waals surface area contributed by atoms with Gasteiger partial charge in [0.15, 0.2) is 0 Å². The van der Waals surface area contributed by atoms with Gasteiger partial charge in [0.2, 0.25) is 0 Å². The van der Waals surface area contributed by atoms with E-state index in [-0.39, 0.29) is 0 Å². The van der Waals surface area contributed by atoms with E-state index in [1.807, 2.05) is 0 Å². The van der Waals surface area contributed by atoms with Crippen molar-refractivity contribution in [3.05, 3.63) is 29.3 Å². The van der Waals surface area contributed by atoms with Gasteiger partial charge in [-0.25, -0.2) is 0 Å². The number of carbonyl (C=O) groups excluding carboxylic acids is 2. The van der Waals surface area contributed by atoms with Crippen molar-refractivity contribution >= 4 is 17.5 Å². The van der Waals surface area contributed by atoms with Gasteiger partial charge in [-0.3, -0.25) is 9.59 Å². The smallest absolute Gasteiger partial charge is 0.281 e. The number of nitrogens with two attached hydrogens (primary N) is 1. The predicted molar refractivity (Wildman–Crippen MR) is 41.6 cm³/mol. The molecule has 1 radical (unpaired) electrons. The molecular formula is C8H5N2O2. The van der Waals surface area contributed by atoms with Crippen molar-refractivity contribution in [1.29, 1.82) is 0 Å². The number of fused-ring (bicyclic) bond motifs is 1. The molecule has 2 rings (SSSR count). The minimum atomic E-state index is -0.498. The summed E-state index contributed by atoms with van der Waals surface area (Å²) >= 11 is 0. The molecule has 4 heteroatoms. The van der Waals surface area contributed by atoms with Gasteiger partial charge >= 0.3 is 0 Å². The molecule has 2 amide bonds. The Balaban J connectivity index is 2.68. The first-order chi connectivity index (χ1) is 5.68. The minimum absolute atomic E-state index is 0.306. The van der Waals surface area contributed by atoms with Gasteiger partial charge in [0.1, 0.15) is 0 Å². The first-order valence-electron chi connectivity index (χ1n) is 3.38. The molecule has 4 nitrogen and oxygen atoms in total. The lowest BCUT2D eigenvalue weighted by Crippen LogP contribution is -2.10. The highest BCUT2D eigenvalue weighted by Gasteiger charge is 2.28. The van der Waals surface area contributed by atoms with Crippen LogP contribution >= 0.6 is 0 Å². The van der Waals surface area contributed by atoms with Crippen LogP contribution in [0.5, 0.6) is 0 Å². The molecule has 2 N–H and O–H groups in total. The summed E-state index contributed by atoms with van der Waals surface area (Å²) in [5.41, 5.74) is 6.55. The fraction of sp³-hybridized carbons (Fsp3) is 0. The number of hydrogen-bond donors (Lipinski definition) is 1. The SMILES string of the molecule is Nc1ccc2c(c1)C(=O)[N]C2=O. The number of benzene rings is 1. The Labute approximate surface area is 68.4 Å². The molecule has 1 aromatic rings. The van der Waals surface area contributed by atoms with Gasteiger partial charge < -0.3 is 5.73 Å². The van der Waals surface area contributed by atoms with Crippen LogP contribution < -0.4 is 11.1 Å². The molecule has 1 aliphatic heterocycles. The van der Waals surface area contributed by atoms with Gasteiger partial charge in [-0.1, -0.05) is 0 Å². The highest BCUT2D eigenvalue weighted by atomic mass is 16.2. The molecule has 0 unspecified atom stereocenters. The van der Waals surface area contributed by atoms with E-state index < -0.39 is 11.8 Å². The summed E-state index contributed by atoms with van der Waals surface area (Å²) in [5, 5.41) is 3.26. The van der Waals surface area contributed by atoms with Gasteiger partial charge in [0.05, 0.1) is 11.1 Å². The Morgan fingerprint density at radius 1 is 1.08 bits per heavy atom. The fourth-order valence-corrected chi connectivity index (χ4v) is 1.14. The zero-order chi connectivity index (χ0) is 8.72. The Bertz CT molecular complexity index is 385. The number of nitrogen functional groups attached to an aromatic ring is 1. The van der Waals surface area contributed by atoms with Crippen molar-refractivity contribution in [3.8, 4) is 0 Å². The summed E-state index contributed by atoms with van der Waals surface area (Å²) < 4.78 is 0. The van der Waals surface area contributed by atoms with E-state index in [2.05, 4.69) is 5.32 Å². The maximum atomic E-state index is 11.0. The third kappa shape index (κ3) is 0.780. The molecule has 0 fully saturated rings. The topological polar surface area (TPSA) is 74.3 Å². The van der Waals surface area contributed by atoms with Crippen LogP contribution in [0.4, 0.5) is 5.69 Å². The lowest BCUT2D eigenvalue weighted by molar-refractivity contribution is 0.0873. The number of rotatable bonds is 0. The second kappa shape index (κ2) is 2.07. The predicted octanol–water partition coefficient (Wildman–Crippen LogP) is 0.167. The molecule has 0 saturated heterocycles. The fourth-order valence-electron chi connectivity index (χ4n) is 1.14. The molecule has 0 spiro atoms. The van der Waals surface area contributed by atoms with Crippen molar-refractivity contribution in [2.24, 2.45) is 0 Å². The van der Waals surface area contributed by atoms with Crippen molar-refractivity contribution < 1.29 is 9.59 Å². The van der Waals surface area contributed by atoms with E-state index in [9.17, 15) is 9.59 Å². The normalized spacial score (nSPS) is 14.3. The summed E-state index contributed by atoms with van der Waals surface area (Å²) in [7, 11) is 0. The number of imide groups is 1. The standard InChI is InChI=1S/C8H5N2O2/c9-4-1-2-5-6(3-4)8(12)10-7(5)11/h1-3H,9H2. The molecule has 0 aliphatic carbocycles. The molecule has 0 atom stereocenters. The molecule has 12 heavy (non-hydrogen) atoms. The van der Waals surface area contributed by atoms with Gasteiger partial charge in [-0.15, -0.1) is 0 Å². The Morgan fingerprint density at radius 3 is 2.50 bits per heavy atom. The highest BCUT2D eigenvalue weighted by Crippen LogP contribution is 2.18. The third-order valence-corrected chi connectivity index (χ3v) is 1.71. The number of anilines is 1. The van der Waals surface area contributed by atoms with Gasteiger partial charge in [-0.05, 0) is 18.2 Å². The van der Waals surface area contributed by atoms with Gasteiger partial charge in [0.25, 0.3) is 11.8 Å². The van der Waals surface area contributed by atoms with Crippen molar-refractivity contribution in [1.82, 2.24) is 5.32 Å². The Kier molecular flexibility index (Phi) is 1.18. The van der Waals surface area contributed by atoms with Crippen LogP contribution in [0.3, 0.4) is 0 Å². The van der Waals surface area contributed by atoms with E-state index in [4.69, 9.17) is 5.73 Å². The van der Waals surface area contributed by atoms with Crippen LogP contribution in [0, 0.1) is 0 Å². The first kappa shape index (κ1) is 6.84. The van der Waals surface area contributed by atoms with Crippen LogP contribution in [-0.4, -0.2) is 11.8 Å². The zero-order valence-corrected chi connectivity index (χ0v) is 6.07. The largest absolute Gasteiger partial charge is 0.399 e. The second-order valence-electron chi connectivity index (χ2n) is 2.53. The summed E-state index contributed by atoms with van der Waals surface area (Å²) in [4.78, 5) is 21.9. The van der Waals surface area contributed by atoms with Crippen LogP contribution in [0.15, 0.2) is 18.2 Å². The van der Waals surface area contributed by atoms with E-state index in [1.54, 1.807) is 6.07 Å².